The average Bonchev–Trinajstić information content (AvgIpc) is 3.16. The van der Waals surface area contributed by atoms with E-state index in [2.05, 4.69) is 10.3 Å². The third-order valence-electron chi connectivity index (χ3n) is 5.34. The summed E-state index contributed by atoms with van der Waals surface area (Å²) in [6.07, 6.45) is 3.36. The van der Waals surface area contributed by atoms with Crippen LogP contribution in [-0.4, -0.2) is 42.3 Å². The smallest absolute Gasteiger partial charge is 0.268 e. The Balaban J connectivity index is 1.73. The van der Waals surface area contributed by atoms with Crippen LogP contribution in [0.2, 0.25) is 0 Å². The van der Waals surface area contributed by atoms with Gasteiger partial charge in [-0.05, 0) is 59.7 Å². The van der Waals surface area contributed by atoms with E-state index >= 15 is 0 Å². The summed E-state index contributed by atoms with van der Waals surface area (Å²) < 4.78 is 41.3. The van der Waals surface area contributed by atoms with Crippen LogP contribution in [-0.2, 0) is 23.1 Å². The van der Waals surface area contributed by atoms with Crippen LogP contribution < -0.4 is 5.32 Å². The van der Waals surface area contributed by atoms with Gasteiger partial charge in [-0.2, -0.15) is 0 Å². The second kappa shape index (κ2) is 9.13. The van der Waals surface area contributed by atoms with Crippen LogP contribution in [0.4, 0.5) is 4.39 Å². The Morgan fingerprint density at radius 3 is 2.36 bits per heavy atom. The van der Waals surface area contributed by atoms with Gasteiger partial charge in [0.05, 0.1) is 4.90 Å². The van der Waals surface area contributed by atoms with Crippen molar-refractivity contribution in [3.63, 3.8) is 0 Å². The number of amides is 1. The van der Waals surface area contributed by atoms with Gasteiger partial charge in [0.1, 0.15) is 11.5 Å². The third kappa shape index (κ3) is 4.79. The highest BCUT2D eigenvalue weighted by Crippen LogP contribution is 2.26. The number of carbonyl (C=O) groups excluding carboxylic acids is 1. The van der Waals surface area contributed by atoms with Crippen molar-refractivity contribution in [1.82, 2.24) is 19.2 Å². The summed E-state index contributed by atoms with van der Waals surface area (Å²) in [4.78, 5) is 17.3. The average molecular weight is 467 g/mol. The Hall–Kier alpha value is -3.56. The molecule has 7 nitrogen and oxygen atoms in total. The van der Waals surface area contributed by atoms with E-state index in [1.54, 1.807) is 48.8 Å². The van der Waals surface area contributed by atoms with Gasteiger partial charge in [0.15, 0.2) is 0 Å². The van der Waals surface area contributed by atoms with E-state index in [9.17, 15) is 17.6 Å². The van der Waals surface area contributed by atoms with E-state index < -0.39 is 10.0 Å². The van der Waals surface area contributed by atoms with E-state index in [0.717, 1.165) is 20.9 Å². The normalized spacial score (nSPS) is 11.8. The van der Waals surface area contributed by atoms with Gasteiger partial charge in [-0.25, -0.2) is 17.1 Å². The van der Waals surface area contributed by atoms with Gasteiger partial charge in [-0.3, -0.25) is 9.78 Å². The zero-order chi connectivity index (χ0) is 23.6. The summed E-state index contributed by atoms with van der Waals surface area (Å²) in [5.74, 6) is -0.660. The molecule has 2 heterocycles. The first-order chi connectivity index (χ1) is 15.8. The maximum absolute atomic E-state index is 13.2. The Morgan fingerprint density at radius 1 is 1.00 bits per heavy atom. The Kier molecular flexibility index (Phi) is 6.26. The van der Waals surface area contributed by atoms with Crippen molar-refractivity contribution in [1.29, 1.82) is 0 Å². The summed E-state index contributed by atoms with van der Waals surface area (Å²) in [7, 11) is -0.667. The van der Waals surface area contributed by atoms with Gasteiger partial charge >= 0.3 is 0 Å². The topological polar surface area (TPSA) is 84.3 Å². The number of fused-ring (bicyclic) bond motifs is 1. The zero-order valence-electron chi connectivity index (χ0n) is 18.2. The molecule has 0 fully saturated rings. The predicted molar refractivity (Wildman–Crippen MR) is 124 cm³/mol. The molecule has 4 aromatic rings. The molecule has 1 amide bonds. The zero-order valence-corrected chi connectivity index (χ0v) is 19.0. The Labute approximate surface area is 191 Å². The van der Waals surface area contributed by atoms with E-state index in [0.29, 0.717) is 17.6 Å². The number of sulfonamides is 1. The molecule has 0 atom stereocenters. The number of halogens is 1. The highest BCUT2D eigenvalue weighted by atomic mass is 32.2. The lowest BCUT2D eigenvalue weighted by molar-refractivity contribution is 0.0942. The van der Waals surface area contributed by atoms with Crippen molar-refractivity contribution in [2.45, 2.75) is 18.0 Å². The molecule has 0 radical (unpaired) electrons. The molecule has 9 heteroatoms. The summed E-state index contributed by atoms with van der Waals surface area (Å²) in [6.45, 7) is 0.640. The summed E-state index contributed by atoms with van der Waals surface area (Å²) in [5.41, 5.74) is 2.83. The van der Waals surface area contributed by atoms with Gasteiger partial charge < -0.3 is 9.88 Å². The maximum atomic E-state index is 13.2. The van der Waals surface area contributed by atoms with Crippen molar-refractivity contribution in [2.75, 3.05) is 14.1 Å². The van der Waals surface area contributed by atoms with Crippen LogP contribution in [0.5, 0.6) is 0 Å². The van der Waals surface area contributed by atoms with Crippen LogP contribution in [0.1, 0.15) is 21.6 Å². The number of rotatable bonds is 7. The first kappa shape index (κ1) is 22.6. The molecule has 0 aliphatic carbocycles. The van der Waals surface area contributed by atoms with Crippen molar-refractivity contribution >= 4 is 26.8 Å². The number of nitrogens with one attached hydrogen (secondary N) is 1. The lowest BCUT2D eigenvalue weighted by Gasteiger charge is -2.13. The molecule has 4 rings (SSSR count). The van der Waals surface area contributed by atoms with Gasteiger partial charge in [0.25, 0.3) is 5.91 Å². The lowest BCUT2D eigenvalue weighted by Crippen LogP contribution is -2.25. The molecular formula is C24H23FN4O3S. The molecule has 0 aliphatic heterocycles. The standard InChI is InChI=1S/C24H23FN4O3S/c1-28(2)33(31,32)21-7-8-22-19(13-21)14-23(29(22)16-18-9-11-26-12-10-18)24(30)27-15-17-3-5-20(25)6-4-17/h3-14H,15-16H2,1-2H3,(H,27,30). The fraction of sp³-hybridized carbons (Fsp3) is 0.167. The number of benzene rings is 2. The van der Waals surface area contributed by atoms with E-state index in [1.165, 1.54) is 26.2 Å². The van der Waals surface area contributed by atoms with Crippen molar-refractivity contribution in [3.05, 3.63) is 95.7 Å². The van der Waals surface area contributed by atoms with E-state index in [1.807, 2.05) is 16.7 Å². The maximum Gasteiger partial charge on any atom is 0.268 e. The first-order valence-electron chi connectivity index (χ1n) is 10.2. The monoisotopic (exact) mass is 466 g/mol. The van der Waals surface area contributed by atoms with Gasteiger partial charge in [-0.1, -0.05) is 12.1 Å². The third-order valence-corrected chi connectivity index (χ3v) is 7.15. The molecule has 0 aliphatic rings. The minimum Gasteiger partial charge on any atom is -0.347 e. The van der Waals surface area contributed by atoms with E-state index in [4.69, 9.17) is 0 Å². The van der Waals surface area contributed by atoms with Crippen LogP contribution in [0.15, 0.2) is 78.0 Å². The molecule has 2 aromatic heterocycles. The number of pyridine rings is 1. The molecule has 0 saturated heterocycles. The highest BCUT2D eigenvalue weighted by Gasteiger charge is 2.21. The number of aromatic nitrogens is 2. The quantitative estimate of drug-likeness (QED) is 0.453. The highest BCUT2D eigenvalue weighted by molar-refractivity contribution is 7.89. The minimum absolute atomic E-state index is 0.152. The van der Waals surface area contributed by atoms with Crippen LogP contribution >= 0.6 is 0 Å². The largest absolute Gasteiger partial charge is 0.347 e. The Morgan fingerprint density at radius 2 is 1.70 bits per heavy atom. The first-order valence-corrected chi connectivity index (χ1v) is 11.7. The number of hydrogen-bond acceptors (Lipinski definition) is 4. The van der Waals surface area contributed by atoms with Gasteiger partial charge in [0, 0.05) is 50.5 Å². The summed E-state index contributed by atoms with van der Waals surface area (Å²) in [6, 6.07) is 16.1. The van der Waals surface area contributed by atoms with Crippen molar-refractivity contribution in [3.8, 4) is 0 Å². The molecule has 0 bridgehead atoms. The molecular weight excluding hydrogens is 443 g/mol. The molecule has 2 aromatic carbocycles. The van der Waals surface area contributed by atoms with Gasteiger partial charge in [0.2, 0.25) is 10.0 Å². The lowest BCUT2D eigenvalue weighted by atomic mass is 10.2. The summed E-state index contributed by atoms with van der Waals surface area (Å²) in [5, 5.41) is 3.50. The SMILES string of the molecule is CN(C)S(=O)(=O)c1ccc2c(c1)cc(C(=O)NCc1ccc(F)cc1)n2Cc1ccncc1. The fourth-order valence-corrected chi connectivity index (χ4v) is 4.46. The van der Waals surface area contributed by atoms with Crippen LogP contribution in [0, 0.1) is 5.82 Å². The molecule has 0 unspecified atom stereocenters. The second-order valence-electron chi connectivity index (χ2n) is 7.79. The molecule has 170 valence electrons. The number of carbonyl (C=O) groups is 1. The number of nitrogens with zero attached hydrogens (tertiary/aromatic N) is 3. The van der Waals surface area contributed by atoms with Crippen molar-refractivity contribution in [2.24, 2.45) is 0 Å². The Bertz CT molecular complexity index is 1400. The molecule has 33 heavy (non-hydrogen) atoms. The second-order valence-corrected chi connectivity index (χ2v) is 9.94. The molecule has 0 spiro atoms. The van der Waals surface area contributed by atoms with E-state index in [-0.39, 0.29) is 23.2 Å². The predicted octanol–water partition coefficient (Wildman–Crippen LogP) is 3.40. The van der Waals surface area contributed by atoms with Crippen LogP contribution in [0.3, 0.4) is 0 Å². The minimum atomic E-state index is -3.62. The van der Waals surface area contributed by atoms with Gasteiger partial charge in [-0.15, -0.1) is 0 Å². The van der Waals surface area contributed by atoms with Crippen molar-refractivity contribution < 1.29 is 17.6 Å². The molecule has 0 saturated carbocycles. The van der Waals surface area contributed by atoms with Crippen LogP contribution in [0.25, 0.3) is 10.9 Å². The molecule has 1 N–H and O–H groups in total. The number of hydrogen-bond donors (Lipinski definition) is 1. The summed E-state index contributed by atoms with van der Waals surface area (Å²) >= 11 is 0. The fourth-order valence-electron chi connectivity index (χ4n) is 3.52.